The van der Waals surface area contributed by atoms with Crippen molar-refractivity contribution in [3.63, 3.8) is 0 Å². The van der Waals surface area contributed by atoms with Crippen LogP contribution in [-0.4, -0.2) is 44.7 Å². The first-order valence-corrected chi connectivity index (χ1v) is 8.59. The number of hydrogen-bond acceptors (Lipinski definition) is 5. The van der Waals surface area contributed by atoms with Gasteiger partial charge >= 0.3 is 0 Å². The van der Waals surface area contributed by atoms with E-state index in [1.54, 1.807) is 38.5 Å². The van der Waals surface area contributed by atoms with E-state index in [1.165, 1.54) is 17.0 Å². The van der Waals surface area contributed by atoms with Crippen molar-refractivity contribution in [2.45, 2.75) is 19.6 Å². The fourth-order valence-corrected chi connectivity index (χ4v) is 3.06. The summed E-state index contributed by atoms with van der Waals surface area (Å²) in [5.41, 5.74) is 3.43. The topological polar surface area (TPSA) is 67.2 Å². The lowest BCUT2D eigenvalue weighted by Crippen LogP contribution is -2.25. The number of amides is 1. The summed E-state index contributed by atoms with van der Waals surface area (Å²) in [6.07, 6.45) is 3.59. The molecule has 0 aliphatic carbocycles. The summed E-state index contributed by atoms with van der Waals surface area (Å²) in [6.45, 7) is 1.82. The maximum atomic E-state index is 13.0. The lowest BCUT2D eigenvalue weighted by atomic mass is 10.2. The summed E-state index contributed by atoms with van der Waals surface area (Å²) in [5, 5.41) is 4.62. The van der Waals surface area contributed by atoms with Gasteiger partial charge < -0.3 is 9.80 Å². The SMILES string of the molecule is CN(C)C(=O)c1ccnc(N2Cc3cn(Cc4ccc(F)cc4)nc3C2)n1. The maximum absolute atomic E-state index is 13.0. The third kappa shape index (κ3) is 3.51. The minimum absolute atomic E-state index is 0.153. The Morgan fingerprint density at radius 3 is 2.67 bits per heavy atom. The van der Waals surface area contributed by atoms with Gasteiger partial charge in [0.1, 0.15) is 11.5 Å². The number of hydrogen-bond donors (Lipinski definition) is 0. The highest BCUT2D eigenvalue weighted by Gasteiger charge is 2.25. The van der Waals surface area contributed by atoms with Crippen LogP contribution in [0.15, 0.2) is 42.7 Å². The van der Waals surface area contributed by atoms with Gasteiger partial charge in [0, 0.05) is 38.6 Å². The monoisotopic (exact) mass is 366 g/mol. The van der Waals surface area contributed by atoms with Crippen molar-refractivity contribution < 1.29 is 9.18 Å². The third-order valence-electron chi connectivity index (χ3n) is 4.44. The number of halogens is 1. The van der Waals surface area contributed by atoms with Crippen LogP contribution in [-0.2, 0) is 19.6 Å². The van der Waals surface area contributed by atoms with E-state index in [0.717, 1.165) is 16.8 Å². The number of nitrogens with zero attached hydrogens (tertiary/aromatic N) is 6. The van der Waals surface area contributed by atoms with Gasteiger partial charge in [0.05, 0.1) is 18.8 Å². The molecule has 7 nitrogen and oxygen atoms in total. The molecule has 0 saturated heterocycles. The first kappa shape index (κ1) is 17.1. The largest absolute Gasteiger partial charge is 0.343 e. The molecule has 0 N–H and O–H groups in total. The van der Waals surface area contributed by atoms with Crippen LogP contribution in [0.3, 0.4) is 0 Å². The Hall–Kier alpha value is -3.29. The standard InChI is InChI=1S/C19H19FN6O/c1-24(2)18(27)16-7-8-21-19(22-16)25-10-14-11-26(23-17(14)12-25)9-13-3-5-15(20)6-4-13/h3-8,11H,9-10,12H2,1-2H3. The second-order valence-corrected chi connectivity index (χ2v) is 6.72. The zero-order valence-electron chi connectivity index (χ0n) is 15.1. The Balaban J connectivity index is 1.47. The molecule has 1 aliphatic heterocycles. The van der Waals surface area contributed by atoms with Crippen LogP contribution in [0.5, 0.6) is 0 Å². The number of benzene rings is 1. The molecule has 138 valence electrons. The number of carbonyl (C=O) groups is 1. The molecule has 27 heavy (non-hydrogen) atoms. The predicted molar refractivity (Wildman–Crippen MR) is 97.7 cm³/mol. The summed E-state index contributed by atoms with van der Waals surface area (Å²) in [6, 6.07) is 8.04. The van der Waals surface area contributed by atoms with Crippen molar-refractivity contribution in [3.05, 3.63) is 71.1 Å². The van der Waals surface area contributed by atoms with E-state index >= 15 is 0 Å². The van der Waals surface area contributed by atoms with E-state index in [0.29, 0.717) is 31.3 Å². The summed E-state index contributed by atoms with van der Waals surface area (Å²) in [4.78, 5) is 24.3. The van der Waals surface area contributed by atoms with Crippen LogP contribution in [0.25, 0.3) is 0 Å². The Morgan fingerprint density at radius 1 is 1.19 bits per heavy atom. The van der Waals surface area contributed by atoms with Crippen molar-refractivity contribution >= 4 is 11.9 Å². The Bertz CT molecular complexity index is 959. The van der Waals surface area contributed by atoms with Crippen molar-refractivity contribution in [1.82, 2.24) is 24.6 Å². The second kappa shape index (κ2) is 6.79. The van der Waals surface area contributed by atoms with Gasteiger partial charge in [-0.15, -0.1) is 0 Å². The van der Waals surface area contributed by atoms with E-state index in [4.69, 9.17) is 0 Å². The highest BCUT2D eigenvalue weighted by atomic mass is 19.1. The van der Waals surface area contributed by atoms with Gasteiger partial charge in [-0.3, -0.25) is 9.48 Å². The molecule has 0 spiro atoms. The van der Waals surface area contributed by atoms with Crippen LogP contribution in [0, 0.1) is 5.82 Å². The molecule has 1 amide bonds. The minimum atomic E-state index is -0.243. The number of anilines is 1. The normalized spacial score (nSPS) is 12.9. The fraction of sp³-hybridized carbons (Fsp3) is 0.263. The van der Waals surface area contributed by atoms with Crippen molar-refractivity contribution in [3.8, 4) is 0 Å². The highest BCUT2D eigenvalue weighted by Crippen LogP contribution is 2.25. The average molecular weight is 366 g/mol. The Morgan fingerprint density at radius 2 is 1.96 bits per heavy atom. The molecule has 2 aromatic heterocycles. The second-order valence-electron chi connectivity index (χ2n) is 6.72. The van der Waals surface area contributed by atoms with Crippen molar-refractivity contribution in [1.29, 1.82) is 0 Å². The van der Waals surface area contributed by atoms with Gasteiger partial charge in [0.25, 0.3) is 5.91 Å². The quantitative estimate of drug-likeness (QED) is 0.707. The molecule has 3 aromatic rings. The molecule has 0 bridgehead atoms. The van der Waals surface area contributed by atoms with E-state index in [1.807, 2.05) is 15.8 Å². The average Bonchev–Trinajstić information content (AvgIpc) is 3.21. The molecular formula is C19H19FN6O. The molecule has 4 rings (SSSR count). The molecule has 1 aromatic carbocycles. The van der Waals surface area contributed by atoms with Gasteiger partial charge in [-0.25, -0.2) is 14.4 Å². The minimum Gasteiger partial charge on any atom is -0.343 e. The van der Waals surface area contributed by atoms with Gasteiger partial charge in [-0.1, -0.05) is 12.1 Å². The molecule has 0 radical (unpaired) electrons. The lowest BCUT2D eigenvalue weighted by molar-refractivity contribution is 0.0822. The van der Waals surface area contributed by atoms with Crippen molar-refractivity contribution in [2.24, 2.45) is 0 Å². The zero-order chi connectivity index (χ0) is 19.0. The first-order valence-electron chi connectivity index (χ1n) is 8.59. The van der Waals surface area contributed by atoms with Crippen LogP contribution >= 0.6 is 0 Å². The summed E-state index contributed by atoms with van der Waals surface area (Å²) in [5.74, 6) is 0.123. The Labute approximate surface area is 156 Å². The molecule has 1 aliphatic rings. The molecule has 0 atom stereocenters. The van der Waals surface area contributed by atoms with Crippen LogP contribution in [0.4, 0.5) is 10.3 Å². The predicted octanol–water partition coefficient (Wildman–Crippen LogP) is 2.08. The summed E-state index contributed by atoms with van der Waals surface area (Å²) >= 11 is 0. The maximum Gasteiger partial charge on any atom is 0.272 e. The van der Waals surface area contributed by atoms with E-state index in [-0.39, 0.29) is 11.7 Å². The Kier molecular flexibility index (Phi) is 4.31. The van der Waals surface area contributed by atoms with Crippen molar-refractivity contribution in [2.75, 3.05) is 19.0 Å². The molecule has 0 fully saturated rings. The van der Waals surface area contributed by atoms with Gasteiger partial charge in [-0.05, 0) is 23.8 Å². The van der Waals surface area contributed by atoms with Gasteiger partial charge in [0.15, 0.2) is 0 Å². The third-order valence-corrected chi connectivity index (χ3v) is 4.44. The molecule has 8 heteroatoms. The molecule has 3 heterocycles. The zero-order valence-corrected chi connectivity index (χ0v) is 15.1. The smallest absolute Gasteiger partial charge is 0.272 e. The highest BCUT2D eigenvalue weighted by molar-refractivity contribution is 5.92. The summed E-state index contributed by atoms with van der Waals surface area (Å²) < 4.78 is 14.9. The van der Waals surface area contributed by atoms with E-state index in [9.17, 15) is 9.18 Å². The number of fused-ring (bicyclic) bond motifs is 1. The molecule has 0 unspecified atom stereocenters. The molecular weight excluding hydrogens is 347 g/mol. The van der Waals surface area contributed by atoms with E-state index < -0.39 is 0 Å². The first-order chi connectivity index (χ1) is 13.0. The van der Waals surface area contributed by atoms with Crippen LogP contribution in [0.1, 0.15) is 27.3 Å². The number of rotatable bonds is 4. The summed E-state index contributed by atoms with van der Waals surface area (Å²) in [7, 11) is 3.39. The van der Waals surface area contributed by atoms with E-state index in [2.05, 4.69) is 15.1 Å². The number of aromatic nitrogens is 4. The lowest BCUT2D eigenvalue weighted by Gasteiger charge is -2.17. The molecule has 0 saturated carbocycles. The van der Waals surface area contributed by atoms with Crippen LogP contribution < -0.4 is 4.90 Å². The number of carbonyl (C=O) groups excluding carboxylic acids is 1. The van der Waals surface area contributed by atoms with Gasteiger partial charge in [-0.2, -0.15) is 5.10 Å². The van der Waals surface area contributed by atoms with Crippen LogP contribution in [0.2, 0.25) is 0 Å². The van der Waals surface area contributed by atoms with Gasteiger partial charge in [0.2, 0.25) is 5.95 Å². The fourth-order valence-electron chi connectivity index (χ4n) is 3.06.